The topological polar surface area (TPSA) is 87.3 Å². The summed E-state index contributed by atoms with van der Waals surface area (Å²) in [4.78, 5) is 21.2. The first-order chi connectivity index (χ1) is 8.11. The number of nitro benzene ring substituents is 1. The summed E-state index contributed by atoms with van der Waals surface area (Å²) >= 11 is 0. The third kappa shape index (κ3) is 2.07. The fourth-order valence-corrected chi connectivity index (χ4v) is 1.50. The van der Waals surface area contributed by atoms with Gasteiger partial charge in [0, 0.05) is 17.5 Å². The van der Waals surface area contributed by atoms with Crippen molar-refractivity contribution in [2.24, 2.45) is 0 Å². The third-order valence-electron chi connectivity index (χ3n) is 2.34. The summed E-state index contributed by atoms with van der Waals surface area (Å²) in [6, 6.07) is 4.34. The molecule has 1 aromatic carbocycles. The maximum atomic E-state index is 11.1. The monoisotopic (exact) mass is 235 g/mol. The highest BCUT2D eigenvalue weighted by atomic mass is 16.6. The molecule has 0 saturated heterocycles. The van der Waals surface area contributed by atoms with Crippen LogP contribution in [0.1, 0.15) is 0 Å². The molecule has 0 spiro atoms. The molecular weight excluding hydrogens is 226 g/mol. The molecule has 2 aromatic rings. The highest BCUT2D eigenvalue weighted by Gasteiger charge is 2.11. The van der Waals surface area contributed by atoms with Gasteiger partial charge in [-0.2, -0.15) is 5.10 Å². The van der Waals surface area contributed by atoms with Crippen LogP contribution in [0.25, 0.3) is 10.9 Å². The Hall–Kier alpha value is -2.44. The molecule has 1 aromatic heterocycles. The largest absolute Gasteiger partial charge is 0.468 e. The maximum Gasteiger partial charge on any atom is 0.327 e. The van der Waals surface area contributed by atoms with E-state index in [1.54, 1.807) is 6.07 Å². The number of esters is 1. The van der Waals surface area contributed by atoms with E-state index in [1.165, 1.54) is 30.1 Å². The Bertz CT molecular complexity index is 590. The van der Waals surface area contributed by atoms with E-state index in [0.29, 0.717) is 10.9 Å². The Labute approximate surface area is 95.7 Å². The molecule has 0 atom stereocenters. The predicted octanol–water partition coefficient (Wildman–Crippen LogP) is 1.12. The summed E-state index contributed by atoms with van der Waals surface area (Å²) < 4.78 is 5.96. The zero-order valence-electron chi connectivity index (χ0n) is 8.99. The van der Waals surface area contributed by atoms with E-state index in [4.69, 9.17) is 0 Å². The number of hydrogen-bond acceptors (Lipinski definition) is 5. The summed E-state index contributed by atoms with van der Waals surface area (Å²) in [5.41, 5.74) is 0.649. The minimum atomic E-state index is -0.475. The number of hydrogen-bond donors (Lipinski definition) is 0. The van der Waals surface area contributed by atoms with E-state index >= 15 is 0 Å². The Morgan fingerprint density at radius 3 is 3.00 bits per heavy atom. The number of nitrogens with zero attached hydrogens (tertiary/aromatic N) is 3. The van der Waals surface area contributed by atoms with Crippen molar-refractivity contribution >= 4 is 22.6 Å². The molecule has 7 nitrogen and oxygen atoms in total. The van der Waals surface area contributed by atoms with Gasteiger partial charge in [0.15, 0.2) is 0 Å². The van der Waals surface area contributed by atoms with Gasteiger partial charge < -0.3 is 4.74 Å². The summed E-state index contributed by atoms with van der Waals surface area (Å²) in [5.74, 6) is -0.423. The molecule has 88 valence electrons. The molecule has 1 heterocycles. The smallest absolute Gasteiger partial charge is 0.327 e. The van der Waals surface area contributed by atoms with Gasteiger partial charge in [-0.15, -0.1) is 0 Å². The van der Waals surface area contributed by atoms with Gasteiger partial charge in [0.05, 0.1) is 23.7 Å². The summed E-state index contributed by atoms with van der Waals surface area (Å²) in [5, 5.41) is 15.2. The van der Waals surface area contributed by atoms with Crippen LogP contribution in [0.4, 0.5) is 5.69 Å². The first-order valence-electron chi connectivity index (χ1n) is 4.78. The Morgan fingerprint density at radius 1 is 1.59 bits per heavy atom. The van der Waals surface area contributed by atoms with Gasteiger partial charge in [-0.25, -0.2) is 0 Å². The number of methoxy groups -OCH3 is 1. The summed E-state index contributed by atoms with van der Waals surface area (Å²) in [6.07, 6.45) is 1.48. The summed E-state index contributed by atoms with van der Waals surface area (Å²) in [7, 11) is 1.29. The zero-order valence-corrected chi connectivity index (χ0v) is 8.99. The first kappa shape index (κ1) is 11.1. The lowest BCUT2D eigenvalue weighted by Gasteiger charge is -2.01. The van der Waals surface area contributed by atoms with Crippen LogP contribution >= 0.6 is 0 Å². The summed E-state index contributed by atoms with van der Waals surface area (Å²) in [6.45, 7) is -0.0161. The van der Waals surface area contributed by atoms with E-state index in [9.17, 15) is 14.9 Å². The fourth-order valence-electron chi connectivity index (χ4n) is 1.50. The number of non-ortho nitro benzene ring substituents is 1. The molecule has 0 unspecified atom stereocenters. The number of fused-ring (bicyclic) bond motifs is 1. The molecule has 0 N–H and O–H groups in total. The zero-order chi connectivity index (χ0) is 12.4. The van der Waals surface area contributed by atoms with Gasteiger partial charge in [0.25, 0.3) is 5.69 Å². The molecule has 0 fully saturated rings. The highest BCUT2D eigenvalue weighted by molar-refractivity contribution is 5.82. The fraction of sp³-hybridized carbons (Fsp3) is 0.200. The SMILES string of the molecule is COC(=O)Cn1ncc2cc([N+](=O)[O-])ccc21. The normalized spacial score (nSPS) is 10.4. The lowest BCUT2D eigenvalue weighted by molar-refractivity contribution is -0.384. The third-order valence-corrected chi connectivity index (χ3v) is 2.34. The highest BCUT2D eigenvalue weighted by Crippen LogP contribution is 2.20. The van der Waals surface area contributed by atoms with Crippen molar-refractivity contribution in [3.05, 3.63) is 34.5 Å². The van der Waals surface area contributed by atoms with Crippen molar-refractivity contribution in [2.75, 3.05) is 7.11 Å². The lowest BCUT2D eigenvalue weighted by atomic mass is 10.2. The molecule has 7 heteroatoms. The minimum Gasteiger partial charge on any atom is -0.468 e. The van der Waals surface area contributed by atoms with Crippen LogP contribution in [-0.4, -0.2) is 27.8 Å². The van der Waals surface area contributed by atoms with Crippen molar-refractivity contribution in [1.82, 2.24) is 9.78 Å². The van der Waals surface area contributed by atoms with Crippen LogP contribution in [0.15, 0.2) is 24.4 Å². The van der Waals surface area contributed by atoms with Crippen molar-refractivity contribution in [3.63, 3.8) is 0 Å². The molecule has 0 radical (unpaired) electrons. The number of carbonyl (C=O) groups is 1. The minimum absolute atomic E-state index is 0.00452. The molecule has 0 saturated carbocycles. The molecular formula is C10H9N3O4. The maximum absolute atomic E-state index is 11.1. The number of benzene rings is 1. The molecule has 0 aliphatic heterocycles. The van der Waals surface area contributed by atoms with Gasteiger partial charge >= 0.3 is 5.97 Å². The molecule has 17 heavy (non-hydrogen) atoms. The van der Waals surface area contributed by atoms with Crippen molar-refractivity contribution in [1.29, 1.82) is 0 Å². The van der Waals surface area contributed by atoms with Crippen LogP contribution < -0.4 is 0 Å². The quantitative estimate of drug-likeness (QED) is 0.452. The number of aromatic nitrogens is 2. The number of carbonyl (C=O) groups excluding carboxylic acids is 1. The van der Waals surface area contributed by atoms with E-state index in [1.807, 2.05) is 0 Å². The first-order valence-corrected chi connectivity index (χ1v) is 4.78. The Balaban J connectivity index is 2.41. The van der Waals surface area contributed by atoms with Crippen molar-refractivity contribution < 1.29 is 14.5 Å². The van der Waals surface area contributed by atoms with Crippen LogP contribution in [0, 0.1) is 10.1 Å². The molecule has 0 bridgehead atoms. The van der Waals surface area contributed by atoms with Gasteiger partial charge in [-0.05, 0) is 6.07 Å². The van der Waals surface area contributed by atoms with Gasteiger partial charge in [-0.1, -0.05) is 0 Å². The predicted molar refractivity (Wildman–Crippen MR) is 58.4 cm³/mol. The Morgan fingerprint density at radius 2 is 2.35 bits per heavy atom. The Kier molecular flexibility index (Phi) is 2.73. The van der Waals surface area contributed by atoms with Crippen LogP contribution in [-0.2, 0) is 16.1 Å². The van der Waals surface area contributed by atoms with Crippen LogP contribution in [0.5, 0.6) is 0 Å². The lowest BCUT2D eigenvalue weighted by Crippen LogP contribution is -2.12. The van der Waals surface area contributed by atoms with Gasteiger partial charge in [0.2, 0.25) is 0 Å². The molecule has 0 aliphatic rings. The second-order valence-electron chi connectivity index (χ2n) is 3.38. The van der Waals surface area contributed by atoms with Crippen LogP contribution in [0.2, 0.25) is 0 Å². The van der Waals surface area contributed by atoms with Gasteiger partial charge in [-0.3, -0.25) is 19.6 Å². The second-order valence-corrected chi connectivity index (χ2v) is 3.38. The average molecular weight is 235 g/mol. The second kappa shape index (κ2) is 4.20. The van der Waals surface area contributed by atoms with Crippen LogP contribution in [0.3, 0.4) is 0 Å². The van der Waals surface area contributed by atoms with E-state index in [-0.39, 0.29) is 12.2 Å². The van der Waals surface area contributed by atoms with E-state index in [2.05, 4.69) is 9.84 Å². The average Bonchev–Trinajstić information content (AvgIpc) is 2.71. The van der Waals surface area contributed by atoms with Gasteiger partial charge in [0.1, 0.15) is 6.54 Å². The number of rotatable bonds is 3. The molecule has 0 aliphatic carbocycles. The van der Waals surface area contributed by atoms with E-state index in [0.717, 1.165) is 0 Å². The number of ether oxygens (including phenoxy) is 1. The van der Waals surface area contributed by atoms with Crippen molar-refractivity contribution in [2.45, 2.75) is 6.54 Å². The molecule has 2 rings (SSSR count). The van der Waals surface area contributed by atoms with E-state index < -0.39 is 10.9 Å². The van der Waals surface area contributed by atoms with Crippen molar-refractivity contribution in [3.8, 4) is 0 Å². The standard InChI is InChI=1S/C10H9N3O4/c1-17-10(14)6-12-9-3-2-8(13(15)16)4-7(9)5-11-12/h2-5H,6H2,1H3. The number of nitro groups is 1. The molecule has 0 amide bonds.